The normalized spacial score (nSPS) is 13.9. The van der Waals surface area contributed by atoms with Gasteiger partial charge in [0.25, 0.3) is 0 Å². The predicted octanol–water partition coefficient (Wildman–Crippen LogP) is 4.40. The first-order chi connectivity index (χ1) is 12.8. The van der Waals surface area contributed by atoms with Gasteiger partial charge >= 0.3 is 0 Å². The Kier molecular flexibility index (Phi) is 3.41. The molecule has 0 saturated heterocycles. The van der Waals surface area contributed by atoms with Crippen LogP contribution in [0.4, 0.5) is 10.3 Å². The van der Waals surface area contributed by atoms with Crippen molar-refractivity contribution in [1.29, 1.82) is 0 Å². The number of halogens is 1. The molecule has 6 heteroatoms. The first-order valence-corrected chi connectivity index (χ1v) is 8.59. The molecule has 1 saturated carbocycles. The summed E-state index contributed by atoms with van der Waals surface area (Å²) in [7, 11) is 0. The number of aromatic amines is 1. The molecule has 128 valence electrons. The van der Waals surface area contributed by atoms with E-state index in [1.54, 1.807) is 18.5 Å². The summed E-state index contributed by atoms with van der Waals surface area (Å²) in [4.78, 5) is 16.6. The van der Waals surface area contributed by atoms with Gasteiger partial charge in [-0.2, -0.15) is 0 Å². The summed E-state index contributed by atoms with van der Waals surface area (Å²) in [6.45, 7) is 0. The SMILES string of the molecule is Fc1cccc(-c2cnc3[nH]cc(-c4ccnc(NC5CC5)n4)c3c2)c1. The highest BCUT2D eigenvalue weighted by molar-refractivity contribution is 5.95. The smallest absolute Gasteiger partial charge is 0.223 e. The molecule has 3 heterocycles. The molecule has 1 aliphatic rings. The lowest BCUT2D eigenvalue weighted by Crippen LogP contribution is -2.05. The summed E-state index contributed by atoms with van der Waals surface area (Å²) < 4.78 is 13.6. The molecule has 4 aromatic rings. The highest BCUT2D eigenvalue weighted by atomic mass is 19.1. The van der Waals surface area contributed by atoms with E-state index in [1.165, 1.54) is 25.0 Å². The Balaban J connectivity index is 1.59. The number of nitrogens with one attached hydrogen (secondary N) is 2. The van der Waals surface area contributed by atoms with E-state index in [-0.39, 0.29) is 5.82 Å². The molecular formula is C20H16FN5. The van der Waals surface area contributed by atoms with Gasteiger partial charge in [0.1, 0.15) is 11.5 Å². The van der Waals surface area contributed by atoms with Crippen molar-refractivity contribution in [2.45, 2.75) is 18.9 Å². The van der Waals surface area contributed by atoms with Crippen molar-refractivity contribution in [3.05, 3.63) is 60.8 Å². The maximum Gasteiger partial charge on any atom is 0.223 e. The molecule has 1 aliphatic carbocycles. The van der Waals surface area contributed by atoms with Gasteiger partial charge in [0.15, 0.2) is 0 Å². The Morgan fingerprint density at radius 3 is 2.85 bits per heavy atom. The van der Waals surface area contributed by atoms with E-state index >= 15 is 0 Å². The molecule has 0 radical (unpaired) electrons. The number of hydrogen-bond donors (Lipinski definition) is 2. The monoisotopic (exact) mass is 345 g/mol. The van der Waals surface area contributed by atoms with E-state index < -0.39 is 0 Å². The molecule has 5 nitrogen and oxygen atoms in total. The van der Waals surface area contributed by atoms with Crippen LogP contribution in [-0.4, -0.2) is 26.0 Å². The van der Waals surface area contributed by atoms with Crippen LogP contribution >= 0.6 is 0 Å². The quantitative estimate of drug-likeness (QED) is 0.575. The molecule has 5 rings (SSSR count). The Bertz CT molecular complexity index is 1100. The van der Waals surface area contributed by atoms with Crippen LogP contribution in [0.3, 0.4) is 0 Å². The second-order valence-electron chi connectivity index (χ2n) is 6.52. The molecule has 0 aliphatic heterocycles. The summed E-state index contributed by atoms with van der Waals surface area (Å²) in [5, 5.41) is 4.27. The molecule has 26 heavy (non-hydrogen) atoms. The van der Waals surface area contributed by atoms with E-state index in [0.29, 0.717) is 12.0 Å². The lowest BCUT2D eigenvalue weighted by Gasteiger charge is -2.05. The third kappa shape index (κ3) is 2.79. The minimum absolute atomic E-state index is 0.261. The van der Waals surface area contributed by atoms with Crippen LogP contribution in [0.5, 0.6) is 0 Å². The van der Waals surface area contributed by atoms with Gasteiger partial charge in [-0.25, -0.2) is 19.3 Å². The number of hydrogen-bond acceptors (Lipinski definition) is 4. The highest BCUT2D eigenvalue weighted by Crippen LogP contribution is 2.31. The molecular weight excluding hydrogens is 329 g/mol. The number of benzene rings is 1. The summed E-state index contributed by atoms with van der Waals surface area (Å²) in [6.07, 6.45) is 7.74. The van der Waals surface area contributed by atoms with Crippen molar-refractivity contribution in [3.63, 3.8) is 0 Å². The highest BCUT2D eigenvalue weighted by Gasteiger charge is 2.22. The fourth-order valence-electron chi connectivity index (χ4n) is 3.03. The summed E-state index contributed by atoms with van der Waals surface area (Å²) in [6, 6.07) is 10.9. The van der Waals surface area contributed by atoms with Gasteiger partial charge in [0, 0.05) is 41.1 Å². The standard InChI is InChI=1S/C20H16FN5/c21-14-3-1-2-12(8-14)13-9-16-17(11-24-19(16)23-10-13)18-6-7-22-20(26-18)25-15-4-5-15/h1-3,6-11,15H,4-5H2,(H,23,24)(H,22,25,26). The zero-order chi connectivity index (χ0) is 17.5. The number of rotatable bonds is 4. The van der Waals surface area contributed by atoms with Crippen LogP contribution in [0.2, 0.25) is 0 Å². The van der Waals surface area contributed by atoms with Crippen LogP contribution in [0, 0.1) is 5.82 Å². The maximum absolute atomic E-state index is 13.6. The van der Waals surface area contributed by atoms with Crippen molar-refractivity contribution in [2.24, 2.45) is 0 Å². The third-order valence-electron chi connectivity index (χ3n) is 4.53. The molecule has 3 aromatic heterocycles. The third-order valence-corrected chi connectivity index (χ3v) is 4.53. The number of pyridine rings is 1. The fraction of sp³-hybridized carbons (Fsp3) is 0.150. The van der Waals surface area contributed by atoms with Gasteiger partial charge < -0.3 is 10.3 Å². The molecule has 0 spiro atoms. The number of fused-ring (bicyclic) bond motifs is 1. The van der Waals surface area contributed by atoms with E-state index in [1.807, 2.05) is 24.4 Å². The number of nitrogens with zero attached hydrogens (tertiary/aromatic N) is 3. The van der Waals surface area contributed by atoms with Crippen molar-refractivity contribution >= 4 is 17.0 Å². The molecule has 1 aromatic carbocycles. The first kappa shape index (κ1) is 15.0. The second kappa shape index (κ2) is 5.91. The van der Waals surface area contributed by atoms with Gasteiger partial charge in [0.05, 0.1) is 5.69 Å². The zero-order valence-electron chi connectivity index (χ0n) is 13.9. The number of H-pyrrole nitrogens is 1. The summed E-state index contributed by atoms with van der Waals surface area (Å²) in [5.41, 5.74) is 4.21. The van der Waals surface area contributed by atoms with E-state index in [9.17, 15) is 4.39 Å². The molecule has 0 unspecified atom stereocenters. The van der Waals surface area contributed by atoms with Crippen molar-refractivity contribution in [3.8, 4) is 22.4 Å². The van der Waals surface area contributed by atoms with Crippen molar-refractivity contribution in [2.75, 3.05) is 5.32 Å². The van der Waals surface area contributed by atoms with Gasteiger partial charge in [0.2, 0.25) is 5.95 Å². The fourth-order valence-corrected chi connectivity index (χ4v) is 3.03. The second-order valence-corrected chi connectivity index (χ2v) is 6.52. The lowest BCUT2D eigenvalue weighted by molar-refractivity contribution is 0.628. The molecule has 0 atom stereocenters. The Morgan fingerprint density at radius 1 is 1.08 bits per heavy atom. The average Bonchev–Trinajstić information content (AvgIpc) is 3.37. The lowest BCUT2D eigenvalue weighted by atomic mass is 10.0. The average molecular weight is 345 g/mol. The number of anilines is 1. The maximum atomic E-state index is 13.6. The summed E-state index contributed by atoms with van der Waals surface area (Å²) >= 11 is 0. The Hall–Kier alpha value is -3.28. The Labute approximate surface area is 149 Å². The van der Waals surface area contributed by atoms with Crippen LogP contribution in [0.1, 0.15) is 12.8 Å². The van der Waals surface area contributed by atoms with Gasteiger partial charge in [-0.1, -0.05) is 12.1 Å². The zero-order valence-corrected chi connectivity index (χ0v) is 13.9. The first-order valence-electron chi connectivity index (χ1n) is 8.59. The molecule has 0 bridgehead atoms. The Morgan fingerprint density at radius 2 is 2.00 bits per heavy atom. The minimum atomic E-state index is -0.261. The van der Waals surface area contributed by atoms with Gasteiger partial charge in [-0.3, -0.25) is 0 Å². The van der Waals surface area contributed by atoms with Gasteiger partial charge in [-0.05, 0) is 42.7 Å². The topological polar surface area (TPSA) is 66.5 Å². The van der Waals surface area contributed by atoms with Crippen LogP contribution in [0.15, 0.2) is 55.0 Å². The predicted molar refractivity (Wildman–Crippen MR) is 99.2 cm³/mol. The van der Waals surface area contributed by atoms with E-state index in [0.717, 1.165) is 33.4 Å². The summed E-state index contributed by atoms with van der Waals surface area (Å²) in [5.74, 6) is 0.386. The van der Waals surface area contributed by atoms with Crippen LogP contribution in [-0.2, 0) is 0 Å². The van der Waals surface area contributed by atoms with Crippen molar-refractivity contribution < 1.29 is 4.39 Å². The molecule has 0 amide bonds. The van der Waals surface area contributed by atoms with E-state index in [2.05, 4.69) is 25.3 Å². The van der Waals surface area contributed by atoms with Crippen LogP contribution in [0.25, 0.3) is 33.4 Å². The number of aromatic nitrogens is 4. The van der Waals surface area contributed by atoms with Crippen LogP contribution < -0.4 is 5.32 Å². The van der Waals surface area contributed by atoms with Crippen molar-refractivity contribution in [1.82, 2.24) is 19.9 Å². The largest absolute Gasteiger partial charge is 0.351 e. The minimum Gasteiger partial charge on any atom is -0.351 e. The molecule has 1 fully saturated rings. The van der Waals surface area contributed by atoms with Gasteiger partial charge in [-0.15, -0.1) is 0 Å². The van der Waals surface area contributed by atoms with E-state index in [4.69, 9.17) is 0 Å². The molecule has 2 N–H and O–H groups in total.